The van der Waals surface area contributed by atoms with Gasteiger partial charge in [-0.2, -0.15) is 0 Å². The second-order valence-electron chi connectivity index (χ2n) is 9.56. The zero-order chi connectivity index (χ0) is 18.9. The number of hydrogen-bond donors (Lipinski definition) is 0. The highest BCUT2D eigenvalue weighted by Crippen LogP contribution is 2.70. The molecule has 5 fully saturated rings. The average molecular weight is 356 g/mol. The first-order chi connectivity index (χ1) is 12.1. The van der Waals surface area contributed by atoms with Crippen molar-refractivity contribution in [3.05, 3.63) is 18.7 Å². The third-order valence-electron chi connectivity index (χ3n) is 8.47. The number of likely N-dealkylation sites (N-methyl/N-ethyl adjacent to an activating group) is 1. The van der Waals surface area contributed by atoms with Crippen molar-refractivity contribution in [3.8, 4) is 0 Å². The smallest absolute Gasteiger partial charge is 0.249 e. The minimum Gasteiger partial charge on any atom is -0.336 e. The highest BCUT2D eigenvalue weighted by Gasteiger charge is 2.81. The van der Waals surface area contributed by atoms with E-state index in [4.69, 9.17) is 0 Å². The second-order valence-corrected chi connectivity index (χ2v) is 9.56. The molecule has 6 aliphatic rings. The van der Waals surface area contributed by atoms with Crippen molar-refractivity contribution in [2.24, 2.45) is 16.7 Å². The lowest BCUT2D eigenvalue weighted by Gasteiger charge is -2.65. The SMILES string of the molecule is C[C@H]1CC(=O)N2C3C(C)(C)[C@@]4(C=CN(C)C4=O)C[C@]34[CH]C[C@]12C(=O)N4C. The molecule has 6 nitrogen and oxygen atoms in total. The average Bonchev–Trinajstić information content (AvgIpc) is 3.09. The summed E-state index contributed by atoms with van der Waals surface area (Å²) in [6.45, 7) is 6.22. The van der Waals surface area contributed by atoms with Gasteiger partial charge in [0.05, 0.1) is 17.0 Å². The summed E-state index contributed by atoms with van der Waals surface area (Å²) in [4.78, 5) is 45.2. The lowest BCUT2D eigenvalue weighted by molar-refractivity contribution is -0.186. The minimum absolute atomic E-state index is 0.00987. The molecule has 139 valence electrons. The minimum atomic E-state index is -0.766. The number of fused-ring (bicyclic) bond motifs is 2. The van der Waals surface area contributed by atoms with E-state index in [1.807, 2.05) is 36.0 Å². The lowest BCUT2D eigenvalue weighted by atomic mass is 9.61. The Labute approximate surface area is 154 Å². The summed E-state index contributed by atoms with van der Waals surface area (Å²) >= 11 is 0. The van der Waals surface area contributed by atoms with Crippen molar-refractivity contribution >= 4 is 17.7 Å². The van der Waals surface area contributed by atoms with Crippen LogP contribution in [0.1, 0.15) is 40.0 Å². The lowest BCUT2D eigenvalue weighted by Crippen LogP contribution is -2.81. The molecule has 6 heteroatoms. The molecule has 0 aromatic rings. The van der Waals surface area contributed by atoms with Gasteiger partial charge in [-0.3, -0.25) is 14.4 Å². The van der Waals surface area contributed by atoms with Gasteiger partial charge >= 0.3 is 0 Å². The van der Waals surface area contributed by atoms with E-state index in [0.717, 1.165) is 0 Å². The van der Waals surface area contributed by atoms with Gasteiger partial charge in [0.2, 0.25) is 17.7 Å². The first-order valence-corrected chi connectivity index (χ1v) is 9.48. The van der Waals surface area contributed by atoms with Crippen molar-refractivity contribution in [2.45, 2.75) is 57.2 Å². The first-order valence-electron chi connectivity index (χ1n) is 9.48. The normalized spacial score (nSPS) is 48.2. The largest absolute Gasteiger partial charge is 0.336 e. The van der Waals surface area contributed by atoms with Crippen molar-refractivity contribution in [3.63, 3.8) is 0 Å². The summed E-state index contributed by atoms with van der Waals surface area (Å²) in [5.74, 6) is 0.168. The molecule has 1 saturated carbocycles. The summed E-state index contributed by atoms with van der Waals surface area (Å²) in [5.41, 5.74) is -2.50. The molecular formula is C20H26N3O3. The van der Waals surface area contributed by atoms with E-state index in [1.54, 1.807) is 11.9 Å². The van der Waals surface area contributed by atoms with Gasteiger partial charge in [0, 0.05) is 32.1 Å². The highest BCUT2D eigenvalue weighted by molar-refractivity contribution is 6.00. The maximum Gasteiger partial charge on any atom is 0.249 e. The molecular weight excluding hydrogens is 330 g/mol. The van der Waals surface area contributed by atoms with Crippen molar-refractivity contribution in [1.29, 1.82) is 0 Å². The Morgan fingerprint density at radius 2 is 1.81 bits per heavy atom. The van der Waals surface area contributed by atoms with E-state index in [1.165, 1.54) is 0 Å². The van der Waals surface area contributed by atoms with Crippen LogP contribution in [0.25, 0.3) is 0 Å². The molecule has 2 bridgehead atoms. The molecule has 0 N–H and O–H groups in total. The highest BCUT2D eigenvalue weighted by atomic mass is 16.2. The van der Waals surface area contributed by atoms with Crippen LogP contribution < -0.4 is 0 Å². The molecule has 3 amide bonds. The number of hydrogen-bond acceptors (Lipinski definition) is 3. The fourth-order valence-corrected chi connectivity index (χ4v) is 7.00. The summed E-state index contributed by atoms with van der Waals surface area (Å²) in [5, 5.41) is 0. The molecule has 4 saturated heterocycles. The number of piperazine rings is 1. The van der Waals surface area contributed by atoms with E-state index in [-0.39, 0.29) is 29.7 Å². The topological polar surface area (TPSA) is 60.9 Å². The molecule has 0 aromatic heterocycles. The third-order valence-corrected chi connectivity index (χ3v) is 8.47. The van der Waals surface area contributed by atoms with Crippen LogP contribution in [0.15, 0.2) is 12.3 Å². The van der Waals surface area contributed by atoms with Gasteiger partial charge in [0.1, 0.15) is 5.54 Å². The summed E-state index contributed by atoms with van der Waals surface area (Å²) < 4.78 is 0. The van der Waals surface area contributed by atoms with Crippen LogP contribution >= 0.6 is 0 Å². The summed E-state index contributed by atoms with van der Waals surface area (Å²) in [7, 11) is 3.64. The second kappa shape index (κ2) is 4.18. The zero-order valence-corrected chi connectivity index (χ0v) is 16.1. The fourth-order valence-electron chi connectivity index (χ4n) is 7.00. The van der Waals surface area contributed by atoms with E-state index in [2.05, 4.69) is 20.3 Å². The zero-order valence-electron chi connectivity index (χ0n) is 16.1. The predicted octanol–water partition coefficient (Wildman–Crippen LogP) is 1.18. The number of carbonyl (C=O) groups is 3. The summed E-state index contributed by atoms with van der Waals surface area (Å²) in [6, 6.07) is -0.177. The quantitative estimate of drug-likeness (QED) is 0.655. The Bertz CT molecular complexity index is 804. The third kappa shape index (κ3) is 1.28. The fraction of sp³-hybridized carbons (Fsp3) is 0.700. The standard InChI is InChI=1S/C20H26N3O3/c1-12-10-13(24)23-14-17(2,3)18(8-9-21(4)15(18)25)11-19(14)6-7-20(12,23)16(26)22(19)5/h6,8-9,12,14H,7,10-11H2,1-5H3/t12-,14?,18-,19+,20+/m0/s1. The molecule has 5 aliphatic heterocycles. The maximum atomic E-state index is 13.4. The van der Waals surface area contributed by atoms with Crippen molar-refractivity contribution in [2.75, 3.05) is 14.1 Å². The monoisotopic (exact) mass is 356 g/mol. The van der Waals surface area contributed by atoms with Crippen LogP contribution in [-0.4, -0.2) is 63.6 Å². The van der Waals surface area contributed by atoms with E-state index in [0.29, 0.717) is 19.3 Å². The van der Waals surface area contributed by atoms with Crippen molar-refractivity contribution in [1.82, 2.24) is 14.7 Å². The first kappa shape index (κ1) is 16.3. The van der Waals surface area contributed by atoms with Gasteiger partial charge in [-0.1, -0.05) is 26.8 Å². The number of piperidine rings is 2. The predicted molar refractivity (Wildman–Crippen MR) is 94.3 cm³/mol. The molecule has 0 aromatic carbocycles. The van der Waals surface area contributed by atoms with Crippen LogP contribution in [0.5, 0.6) is 0 Å². The molecule has 1 radical (unpaired) electrons. The number of rotatable bonds is 0. The van der Waals surface area contributed by atoms with Crippen LogP contribution in [0.2, 0.25) is 0 Å². The van der Waals surface area contributed by atoms with Gasteiger partial charge in [0.25, 0.3) is 0 Å². The molecule has 1 aliphatic carbocycles. The van der Waals surface area contributed by atoms with Gasteiger partial charge in [-0.25, -0.2) is 0 Å². The van der Waals surface area contributed by atoms with Crippen molar-refractivity contribution < 1.29 is 14.4 Å². The van der Waals surface area contributed by atoms with Crippen LogP contribution in [0.4, 0.5) is 0 Å². The van der Waals surface area contributed by atoms with Crippen LogP contribution in [-0.2, 0) is 14.4 Å². The Morgan fingerprint density at radius 1 is 1.12 bits per heavy atom. The molecule has 5 atom stereocenters. The number of nitrogens with zero attached hydrogens (tertiary/aromatic N) is 3. The van der Waals surface area contributed by atoms with E-state index in [9.17, 15) is 14.4 Å². The van der Waals surface area contributed by atoms with Gasteiger partial charge in [-0.05, 0) is 25.2 Å². The molecule has 3 spiro atoms. The van der Waals surface area contributed by atoms with Gasteiger partial charge < -0.3 is 14.7 Å². The molecule has 1 unspecified atom stereocenters. The van der Waals surface area contributed by atoms with Crippen LogP contribution in [0.3, 0.4) is 0 Å². The Hall–Kier alpha value is -1.85. The molecule has 5 heterocycles. The number of carbonyl (C=O) groups excluding carboxylic acids is 3. The summed E-state index contributed by atoms with van der Waals surface area (Å²) in [6.07, 6.45) is 7.66. The number of amides is 3. The van der Waals surface area contributed by atoms with E-state index >= 15 is 0 Å². The molecule has 6 rings (SSSR count). The van der Waals surface area contributed by atoms with Crippen LogP contribution in [0, 0.1) is 23.2 Å². The Morgan fingerprint density at radius 3 is 2.42 bits per heavy atom. The maximum absolute atomic E-state index is 13.4. The van der Waals surface area contributed by atoms with Gasteiger partial charge in [-0.15, -0.1) is 0 Å². The van der Waals surface area contributed by atoms with Gasteiger partial charge in [0.15, 0.2) is 0 Å². The Balaban J connectivity index is 1.77. The molecule has 26 heavy (non-hydrogen) atoms. The van der Waals surface area contributed by atoms with E-state index < -0.39 is 21.9 Å². The Kier molecular flexibility index (Phi) is 2.62.